The molecular weight excluding hydrogens is 260 g/mol. The van der Waals surface area contributed by atoms with Crippen LogP contribution >= 0.6 is 23.4 Å². The van der Waals surface area contributed by atoms with Gasteiger partial charge in [0.15, 0.2) is 13.4 Å². The van der Waals surface area contributed by atoms with E-state index >= 15 is 0 Å². The van der Waals surface area contributed by atoms with E-state index in [1.54, 1.807) is 0 Å². The van der Waals surface area contributed by atoms with Crippen molar-refractivity contribution in [2.75, 3.05) is 5.88 Å². The zero-order valence-corrected chi connectivity index (χ0v) is 13.7. The van der Waals surface area contributed by atoms with Crippen LogP contribution in [-0.4, -0.2) is 30.2 Å². The summed E-state index contributed by atoms with van der Waals surface area (Å²) < 4.78 is 5.81. The molecule has 0 aliphatic heterocycles. The third kappa shape index (κ3) is 9.69. The van der Waals surface area contributed by atoms with Crippen LogP contribution in [0.4, 0.5) is 0 Å². The SMILES string of the molecule is CC(C)(C)SC(=O)C[C@H](CCl)O[Si](C)(C)C. The minimum absolute atomic E-state index is 0.0346. The van der Waals surface area contributed by atoms with Crippen molar-refractivity contribution in [2.45, 2.75) is 57.7 Å². The fourth-order valence-corrected chi connectivity index (χ4v) is 3.59. The number of alkyl halides is 1. The van der Waals surface area contributed by atoms with E-state index in [9.17, 15) is 4.79 Å². The van der Waals surface area contributed by atoms with E-state index in [2.05, 4.69) is 19.6 Å². The first-order chi connectivity index (χ1) is 7.03. The van der Waals surface area contributed by atoms with Crippen molar-refractivity contribution in [3.63, 3.8) is 0 Å². The molecule has 0 saturated heterocycles. The van der Waals surface area contributed by atoms with Gasteiger partial charge in [-0.25, -0.2) is 0 Å². The molecule has 0 unspecified atom stereocenters. The Balaban J connectivity index is 4.18. The van der Waals surface area contributed by atoms with Crippen LogP contribution in [-0.2, 0) is 9.22 Å². The highest BCUT2D eigenvalue weighted by Crippen LogP contribution is 2.26. The summed E-state index contributed by atoms with van der Waals surface area (Å²) in [6.07, 6.45) is 0.283. The Labute approximate surface area is 110 Å². The molecule has 16 heavy (non-hydrogen) atoms. The van der Waals surface area contributed by atoms with Crippen LogP contribution in [0.1, 0.15) is 27.2 Å². The fraction of sp³-hybridized carbons (Fsp3) is 0.909. The van der Waals surface area contributed by atoms with Gasteiger partial charge in [-0.1, -0.05) is 32.5 Å². The Bertz CT molecular complexity index is 233. The number of hydrogen-bond donors (Lipinski definition) is 0. The van der Waals surface area contributed by atoms with E-state index in [1.807, 2.05) is 20.8 Å². The molecule has 0 N–H and O–H groups in total. The summed E-state index contributed by atoms with van der Waals surface area (Å²) in [5, 5.41) is 0.163. The Kier molecular flexibility index (Phi) is 6.62. The van der Waals surface area contributed by atoms with Gasteiger partial charge in [0.2, 0.25) is 0 Å². The lowest BCUT2D eigenvalue weighted by atomic mass is 10.3. The second-order valence-electron chi connectivity index (χ2n) is 5.80. The van der Waals surface area contributed by atoms with E-state index in [4.69, 9.17) is 16.0 Å². The minimum atomic E-state index is -1.61. The quantitative estimate of drug-likeness (QED) is 0.565. The van der Waals surface area contributed by atoms with Gasteiger partial charge in [0, 0.05) is 17.0 Å². The molecule has 1 atom stereocenters. The number of hydrogen-bond acceptors (Lipinski definition) is 3. The van der Waals surface area contributed by atoms with E-state index in [1.165, 1.54) is 11.8 Å². The van der Waals surface area contributed by atoms with Crippen molar-refractivity contribution in [1.82, 2.24) is 0 Å². The van der Waals surface area contributed by atoms with Crippen LogP contribution in [0.15, 0.2) is 0 Å². The number of carbonyl (C=O) groups excluding carboxylic acids is 1. The first kappa shape index (κ1) is 16.5. The van der Waals surface area contributed by atoms with Gasteiger partial charge in [0.05, 0.1) is 6.10 Å². The molecule has 0 aromatic heterocycles. The van der Waals surface area contributed by atoms with E-state index in [-0.39, 0.29) is 16.0 Å². The Hall–Kier alpha value is 0.487. The number of rotatable bonds is 5. The van der Waals surface area contributed by atoms with E-state index in [0.717, 1.165) is 0 Å². The summed E-state index contributed by atoms with van der Waals surface area (Å²) in [5.74, 6) is 0.390. The molecule has 0 heterocycles. The van der Waals surface area contributed by atoms with Gasteiger partial charge in [-0.2, -0.15) is 0 Å². The molecule has 5 heteroatoms. The van der Waals surface area contributed by atoms with E-state index < -0.39 is 8.32 Å². The van der Waals surface area contributed by atoms with Gasteiger partial charge in [-0.05, 0) is 19.6 Å². The van der Waals surface area contributed by atoms with Gasteiger partial charge < -0.3 is 4.43 Å². The molecule has 2 nitrogen and oxygen atoms in total. The molecule has 0 bridgehead atoms. The Morgan fingerprint density at radius 1 is 1.38 bits per heavy atom. The molecule has 0 rings (SSSR count). The van der Waals surface area contributed by atoms with Crippen LogP contribution in [0, 0.1) is 0 Å². The highest BCUT2D eigenvalue weighted by atomic mass is 35.5. The van der Waals surface area contributed by atoms with Crippen molar-refractivity contribution in [3.05, 3.63) is 0 Å². The minimum Gasteiger partial charge on any atom is -0.413 e. The molecular formula is C11H23ClO2SSi. The van der Waals surface area contributed by atoms with Crippen molar-refractivity contribution < 1.29 is 9.22 Å². The highest BCUT2D eigenvalue weighted by Gasteiger charge is 2.24. The first-order valence-electron chi connectivity index (χ1n) is 5.49. The lowest BCUT2D eigenvalue weighted by Gasteiger charge is -2.25. The Morgan fingerprint density at radius 2 is 1.88 bits per heavy atom. The van der Waals surface area contributed by atoms with Crippen molar-refractivity contribution in [2.24, 2.45) is 0 Å². The maximum Gasteiger partial charge on any atom is 0.192 e. The summed E-state index contributed by atoms with van der Waals surface area (Å²) in [6, 6.07) is 0. The highest BCUT2D eigenvalue weighted by molar-refractivity contribution is 8.14. The molecule has 0 aliphatic carbocycles. The van der Waals surface area contributed by atoms with Crippen LogP contribution in [0.2, 0.25) is 19.6 Å². The third-order valence-corrected chi connectivity index (χ3v) is 3.90. The smallest absolute Gasteiger partial charge is 0.192 e. The summed E-state index contributed by atoms with van der Waals surface area (Å²) in [6.45, 7) is 12.4. The average molecular weight is 283 g/mol. The van der Waals surface area contributed by atoms with Crippen molar-refractivity contribution >= 4 is 36.8 Å². The summed E-state index contributed by atoms with van der Waals surface area (Å²) in [7, 11) is -1.61. The lowest BCUT2D eigenvalue weighted by Crippen LogP contribution is -2.34. The first-order valence-corrected chi connectivity index (χ1v) is 10.2. The summed E-state index contributed by atoms with van der Waals surface area (Å²) in [5.41, 5.74) is 0. The fourth-order valence-electron chi connectivity index (χ4n) is 1.20. The molecule has 0 aromatic rings. The zero-order valence-electron chi connectivity index (χ0n) is 11.1. The monoisotopic (exact) mass is 282 g/mol. The standard InChI is InChI=1S/C11H23ClO2SSi/c1-11(2,3)15-10(13)7-9(8-12)14-16(4,5)6/h9H,7-8H2,1-6H3/t9-/m1/s1. The Morgan fingerprint density at radius 3 is 2.19 bits per heavy atom. The molecule has 0 aliphatic rings. The number of carbonyl (C=O) groups is 1. The van der Waals surface area contributed by atoms with Crippen molar-refractivity contribution in [3.8, 4) is 0 Å². The molecule has 0 amide bonds. The third-order valence-electron chi connectivity index (χ3n) is 1.51. The molecule has 0 aromatic carbocycles. The van der Waals surface area contributed by atoms with Crippen molar-refractivity contribution in [1.29, 1.82) is 0 Å². The summed E-state index contributed by atoms with van der Waals surface area (Å²) in [4.78, 5) is 11.8. The largest absolute Gasteiger partial charge is 0.413 e. The maximum atomic E-state index is 11.8. The van der Waals surface area contributed by atoms with E-state index in [0.29, 0.717) is 12.3 Å². The van der Waals surface area contributed by atoms with Crippen LogP contribution in [0.3, 0.4) is 0 Å². The van der Waals surface area contributed by atoms with Gasteiger partial charge in [0.25, 0.3) is 0 Å². The number of thioether (sulfide) groups is 1. The maximum absolute atomic E-state index is 11.8. The van der Waals surface area contributed by atoms with Crippen LogP contribution in [0.25, 0.3) is 0 Å². The van der Waals surface area contributed by atoms with Gasteiger partial charge in [-0.3, -0.25) is 4.79 Å². The summed E-state index contributed by atoms with van der Waals surface area (Å²) >= 11 is 7.19. The normalized spacial score (nSPS) is 14.9. The molecule has 96 valence electrons. The zero-order chi connectivity index (χ0) is 13.0. The average Bonchev–Trinajstić information content (AvgIpc) is 1.96. The molecule has 0 fully saturated rings. The predicted molar refractivity (Wildman–Crippen MR) is 75.9 cm³/mol. The number of halogens is 1. The molecule has 0 saturated carbocycles. The van der Waals surface area contributed by atoms with Gasteiger partial charge in [-0.15, -0.1) is 11.6 Å². The predicted octanol–water partition coefficient (Wildman–Crippen LogP) is 3.89. The topological polar surface area (TPSA) is 26.3 Å². The molecule has 0 spiro atoms. The second-order valence-corrected chi connectivity index (χ2v) is 12.5. The van der Waals surface area contributed by atoms with Crippen LogP contribution in [0.5, 0.6) is 0 Å². The van der Waals surface area contributed by atoms with Crippen LogP contribution < -0.4 is 0 Å². The lowest BCUT2D eigenvalue weighted by molar-refractivity contribution is -0.112. The van der Waals surface area contributed by atoms with Gasteiger partial charge >= 0.3 is 0 Å². The second kappa shape index (κ2) is 6.43. The van der Waals surface area contributed by atoms with Gasteiger partial charge in [0.1, 0.15) is 0 Å². The molecule has 0 radical (unpaired) electrons.